The standard InChI is InChI=1S/C7H15NO.C7H8/c9-6-5-8-7-3-1-2-4-7;1-7-5-3-2-4-6-7/h7-9H,1-6H2;2-6H,1H3. The molecule has 0 amide bonds. The molecule has 0 bridgehead atoms. The molecule has 2 rings (SSSR count). The summed E-state index contributed by atoms with van der Waals surface area (Å²) in [4.78, 5) is 0. The van der Waals surface area contributed by atoms with E-state index in [0.717, 1.165) is 6.54 Å². The zero-order chi connectivity index (χ0) is 11.6. The van der Waals surface area contributed by atoms with Crippen LogP contribution in [0.2, 0.25) is 0 Å². The molecule has 1 aromatic carbocycles. The molecule has 0 radical (unpaired) electrons. The van der Waals surface area contributed by atoms with Crippen LogP contribution in [0.5, 0.6) is 0 Å². The van der Waals surface area contributed by atoms with Gasteiger partial charge in [0.2, 0.25) is 0 Å². The SMILES string of the molecule is Cc1ccccc1.OCCNC1CCCC1. The van der Waals surface area contributed by atoms with E-state index in [1.54, 1.807) is 0 Å². The molecule has 0 unspecified atom stereocenters. The van der Waals surface area contributed by atoms with Crippen LogP contribution in [0, 0.1) is 6.92 Å². The van der Waals surface area contributed by atoms with Gasteiger partial charge in [-0.3, -0.25) is 0 Å². The summed E-state index contributed by atoms with van der Waals surface area (Å²) in [5.41, 5.74) is 1.32. The van der Waals surface area contributed by atoms with Crippen LogP contribution in [0.1, 0.15) is 31.2 Å². The Balaban J connectivity index is 0.000000165. The third kappa shape index (κ3) is 5.89. The summed E-state index contributed by atoms with van der Waals surface area (Å²) in [6.07, 6.45) is 5.34. The van der Waals surface area contributed by atoms with E-state index in [1.165, 1.54) is 31.2 Å². The van der Waals surface area contributed by atoms with Gasteiger partial charge >= 0.3 is 0 Å². The number of aliphatic hydroxyl groups excluding tert-OH is 1. The molecule has 0 saturated heterocycles. The maximum absolute atomic E-state index is 8.46. The average Bonchev–Trinajstić information content (AvgIpc) is 2.81. The van der Waals surface area contributed by atoms with Gasteiger partial charge in [0.15, 0.2) is 0 Å². The van der Waals surface area contributed by atoms with Crippen molar-refractivity contribution in [2.45, 2.75) is 38.6 Å². The lowest BCUT2D eigenvalue weighted by Gasteiger charge is -2.08. The number of aryl methyl sites for hydroxylation is 1. The molecule has 1 aromatic rings. The van der Waals surface area contributed by atoms with Crippen molar-refractivity contribution < 1.29 is 5.11 Å². The van der Waals surface area contributed by atoms with Crippen LogP contribution in [0.25, 0.3) is 0 Å². The first-order valence-electron chi connectivity index (χ1n) is 6.19. The van der Waals surface area contributed by atoms with Crippen LogP contribution in [0.15, 0.2) is 30.3 Å². The van der Waals surface area contributed by atoms with Crippen LogP contribution >= 0.6 is 0 Å². The van der Waals surface area contributed by atoms with Gasteiger partial charge in [-0.2, -0.15) is 0 Å². The molecule has 2 N–H and O–H groups in total. The van der Waals surface area contributed by atoms with Crippen molar-refractivity contribution in [2.75, 3.05) is 13.2 Å². The molecule has 0 aliphatic heterocycles. The minimum absolute atomic E-state index is 0.274. The maximum atomic E-state index is 8.46. The Hall–Kier alpha value is -0.860. The number of hydrogen-bond acceptors (Lipinski definition) is 2. The Morgan fingerprint density at radius 2 is 1.81 bits per heavy atom. The normalized spacial score (nSPS) is 15.6. The van der Waals surface area contributed by atoms with Crippen LogP contribution < -0.4 is 5.32 Å². The zero-order valence-corrected chi connectivity index (χ0v) is 10.2. The second-order valence-corrected chi connectivity index (χ2v) is 4.31. The summed E-state index contributed by atoms with van der Waals surface area (Å²) in [5.74, 6) is 0. The number of benzene rings is 1. The third-order valence-corrected chi connectivity index (χ3v) is 2.84. The first kappa shape index (κ1) is 13.2. The number of rotatable bonds is 3. The molecule has 0 aromatic heterocycles. The largest absolute Gasteiger partial charge is 0.395 e. The highest BCUT2D eigenvalue weighted by molar-refractivity contribution is 5.11. The zero-order valence-electron chi connectivity index (χ0n) is 10.2. The van der Waals surface area contributed by atoms with Gasteiger partial charge in [0.25, 0.3) is 0 Å². The van der Waals surface area contributed by atoms with E-state index in [9.17, 15) is 0 Å². The molecular formula is C14H23NO. The number of hydrogen-bond donors (Lipinski definition) is 2. The van der Waals surface area contributed by atoms with Crippen molar-refractivity contribution >= 4 is 0 Å². The van der Waals surface area contributed by atoms with Gasteiger partial charge in [0.1, 0.15) is 0 Å². The smallest absolute Gasteiger partial charge is 0.0556 e. The van der Waals surface area contributed by atoms with Crippen LogP contribution in [0.3, 0.4) is 0 Å². The predicted octanol–water partition coefficient (Wildman–Crippen LogP) is 2.51. The Morgan fingerprint density at radius 3 is 2.25 bits per heavy atom. The van der Waals surface area contributed by atoms with E-state index in [-0.39, 0.29) is 6.61 Å². The molecule has 1 fully saturated rings. The van der Waals surface area contributed by atoms with E-state index in [0.29, 0.717) is 6.04 Å². The molecule has 90 valence electrons. The molecule has 1 saturated carbocycles. The first-order valence-corrected chi connectivity index (χ1v) is 6.19. The number of nitrogens with one attached hydrogen (secondary N) is 1. The third-order valence-electron chi connectivity index (χ3n) is 2.84. The summed E-state index contributed by atoms with van der Waals surface area (Å²) in [7, 11) is 0. The van der Waals surface area contributed by atoms with Gasteiger partial charge < -0.3 is 10.4 Å². The number of aliphatic hydroxyl groups is 1. The van der Waals surface area contributed by atoms with E-state index < -0.39 is 0 Å². The lowest BCUT2D eigenvalue weighted by Crippen LogP contribution is -2.28. The highest BCUT2D eigenvalue weighted by Crippen LogP contribution is 2.16. The van der Waals surface area contributed by atoms with E-state index >= 15 is 0 Å². The lowest BCUT2D eigenvalue weighted by atomic mass is 10.2. The molecule has 1 aliphatic carbocycles. The van der Waals surface area contributed by atoms with Gasteiger partial charge in [0, 0.05) is 12.6 Å². The van der Waals surface area contributed by atoms with E-state index in [2.05, 4.69) is 24.4 Å². The minimum atomic E-state index is 0.274. The molecule has 2 nitrogen and oxygen atoms in total. The minimum Gasteiger partial charge on any atom is -0.395 e. The maximum Gasteiger partial charge on any atom is 0.0556 e. The molecule has 16 heavy (non-hydrogen) atoms. The second kappa shape index (κ2) is 8.31. The predicted molar refractivity (Wildman–Crippen MR) is 68.5 cm³/mol. The van der Waals surface area contributed by atoms with Gasteiger partial charge in [0.05, 0.1) is 6.61 Å². The van der Waals surface area contributed by atoms with E-state index in [4.69, 9.17) is 5.11 Å². The first-order chi connectivity index (χ1) is 7.83. The van der Waals surface area contributed by atoms with Crippen molar-refractivity contribution in [3.63, 3.8) is 0 Å². The van der Waals surface area contributed by atoms with Crippen molar-refractivity contribution in [1.29, 1.82) is 0 Å². The highest BCUT2D eigenvalue weighted by Gasteiger charge is 2.12. The van der Waals surface area contributed by atoms with Crippen LogP contribution in [-0.4, -0.2) is 24.3 Å². The summed E-state index contributed by atoms with van der Waals surface area (Å²) in [6.45, 7) is 3.13. The topological polar surface area (TPSA) is 32.3 Å². The van der Waals surface area contributed by atoms with Crippen molar-refractivity contribution in [3.05, 3.63) is 35.9 Å². The lowest BCUT2D eigenvalue weighted by molar-refractivity contribution is 0.284. The fourth-order valence-electron chi connectivity index (χ4n) is 1.93. The molecule has 0 atom stereocenters. The Morgan fingerprint density at radius 1 is 1.19 bits per heavy atom. The fraction of sp³-hybridized carbons (Fsp3) is 0.571. The Kier molecular flexibility index (Phi) is 6.86. The fourth-order valence-corrected chi connectivity index (χ4v) is 1.93. The summed E-state index contributed by atoms with van der Waals surface area (Å²) in [5, 5.41) is 11.7. The van der Waals surface area contributed by atoms with E-state index in [1.807, 2.05) is 18.2 Å². The summed E-state index contributed by atoms with van der Waals surface area (Å²) < 4.78 is 0. The van der Waals surface area contributed by atoms with Gasteiger partial charge in [-0.1, -0.05) is 48.7 Å². The van der Waals surface area contributed by atoms with Gasteiger partial charge in [-0.15, -0.1) is 0 Å². The van der Waals surface area contributed by atoms with Gasteiger partial charge in [-0.05, 0) is 19.8 Å². The molecule has 2 heteroatoms. The van der Waals surface area contributed by atoms with Crippen molar-refractivity contribution in [1.82, 2.24) is 5.32 Å². The molecule has 0 spiro atoms. The Bertz CT molecular complexity index is 255. The van der Waals surface area contributed by atoms with Crippen molar-refractivity contribution in [2.24, 2.45) is 0 Å². The Labute approximate surface area is 98.7 Å². The quantitative estimate of drug-likeness (QED) is 0.822. The highest BCUT2D eigenvalue weighted by atomic mass is 16.3. The molecule has 0 heterocycles. The monoisotopic (exact) mass is 221 g/mol. The second-order valence-electron chi connectivity index (χ2n) is 4.31. The van der Waals surface area contributed by atoms with Gasteiger partial charge in [-0.25, -0.2) is 0 Å². The molecular weight excluding hydrogens is 198 g/mol. The van der Waals surface area contributed by atoms with Crippen LogP contribution in [-0.2, 0) is 0 Å². The molecule has 1 aliphatic rings. The summed E-state index contributed by atoms with van der Waals surface area (Å²) in [6, 6.07) is 11.0. The average molecular weight is 221 g/mol. The van der Waals surface area contributed by atoms with Crippen molar-refractivity contribution in [3.8, 4) is 0 Å². The van der Waals surface area contributed by atoms with Crippen LogP contribution in [0.4, 0.5) is 0 Å². The summed E-state index contributed by atoms with van der Waals surface area (Å²) >= 11 is 0.